The molecule has 0 amide bonds. The van der Waals surface area contributed by atoms with Gasteiger partial charge in [0.05, 0.1) is 0 Å². The van der Waals surface area contributed by atoms with Crippen molar-refractivity contribution in [1.29, 1.82) is 0 Å². The lowest BCUT2D eigenvalue weighted by Gasteiger charge is -2.14. The van der Waals surface area contributed by atoms with Gasteiger partial charge in [0, 0.05) is 18.3 Å². The molecule has 0 saturated carbocycles. The number of aliphatic hydroxyl groups excluding tert-OH is 1. The first-order valence-corrected chi connectivity index (χ1v) is 7.71. The number of aryl methyl sites for hydroxylation is 1. The quantitative estimate of drug-likeness (QED) is 0.746. The second-order valence-electron chi connectivity index (χ2n) is 5.59. The number of rotatable bonds is 5. The number of nitrogens with one attached hydrogen (secondary N) is 1. The lowest BCUT2D eigenvalue weighted by Crippen LogP contribution is -2.06. The molecule has 3 aromatic rings. The first kappa shape index (κ1) is 15.3. The van der Waals surface area contributed by atoms with Gasteiger partial charge in [0.2, 0.25) is 0 Å². The van der Waals surface area contributed by atoms with Crippen LogP contribution in [0.25, 0.3) is 0 Å². The predicted molar refractivity (Wildman–Crippen MR) is 93.2 cm³/mol. The summed E-state index contributed by atoms with van der Waals surface area (Å²) in [5, 5.41) is 13.8. The molecule has 1 heterocycles. The molecule has 0 aliphatic rings. The molecule has 3 rings (SSSR count). The summed E-state index contributed by atoms with van der Waals surface area (Å²) in [6.07, 6.45) is 1.09. The van der Waals surface area contributed by atoms with E-state index in [1.165, 1.54) is 5.56 Å². The topological polar surface area (TPSA) is 45.2 Å². The molecule has 0 spiro atoms. The summed E-state index contributed by atoms with van der Waals surface area (Å²) in [6.45, 7) is 2.73. The highest BCUT2D eigenvalue weighted by Crippen LogP contribution is 2.24. The maximum atomic E-state index is 10.5. The summed E-state index contributed by atoms with van der Waals surface area (Å²) in [4.78, 5) is 4.47. The van der Waals surface area contributed by atoms with E-state index in [9.17, 15) is 5.11 Å². The van der Waals surface area contributed by atoms with E-state index in [1.807, 2.05) is 61.5 Å². The first-order chi connectivity index (χ1) is 11.2. The van der Waals surface area contributed by atoms with Crippen LogP contribution in [-0.4, -0.2) is 10.1 Å². The summed E-state index contributed by atoms with van der Waals surface area (Å²) in [5.74, 6) is 0.845. The van der Waals surface area contributed by atoms with Crippen LogP contribution in [0.15, 0.2) is 72.9 Å². The van der Waals surface area contributed by atoms with Gasteiger partial charge in [0.1, 0.15) is 11.9 Å². The molecule has 116 valence electrons. The largest absolute Gasteiger partial charge is 0.384 e. The van der Waals surface area contributed by atoms with Gasteiger partial charge in [0.15, 0.2) is 0 Å². The minimum Gasteiger partial charge on any atom is -0.384 e. The highest BCUT2D eigenvalue weighted by Gasteiger charge is 2.12. The van der Waals surface area contributed by atoms with E-state index in [4.69, 9.17) is 0 Å². The maximum Gasteiger partial charge on any atom is 0.129 e. The smallest absolute Gasteiger partial charge is 0.129 e. The van der Waals surface area contributed by atoms with Gasteiger partial charge in [0.25, 0.3) is 0 Å². The Bertz CT molecular complexity index is 757. The van der Waals surface area contributed by atoms with Gasteiger partial charge in [-0.1, -0.05) is 60.7 Å². The summed E-state index contributed by atoms with van der Waals surface area (Å²) >= 11 is 0. The van der Waals surface area contributed by atoms with Gasteiger partial charge < -0.3 is 10.4 Å². The van der Waals surface area contributed by atoms with Crippen molar-refractivity contribution in [3.05, 3.63) is 95.2 Å². The molecular weight excluding hydrogens is 284 g/mol. The van der Waals surface area contributed by atoms with E-state index < -0.39 is 6.10 Å². The standard InChI is InChI=1S/C20H20N2O/c1-15-12-18(19(23)17-10-6-3-7-11-17)14-22-20(15)21-13-16-8-4-2-5-9-16/h2-12,14,19,23H,13H2,1H3,(H,21,22). The van der Waals surface area contributed by atoms with Crippen LogP contribution in [0.1, 0.15) is 28.4 Å². The van der Waals surface area contributed by atoms with Gasteiger partial charge in [-0.2, -0.15) is 0 Å². The van der Waals surface area contributed by atoms with Crippen LogP contribution < -0.4 is 5.32 Å². The molecule has 0 saturated heterocycles. The Hall–Kier alpha value is -2.65. The zero-order valence-electron chi connectivity index (χ0n) is 13.1. The molecule has 2 aromatic carbocycles. The van der Waals surface area contributed by atoms with Crippen LogP contribution in [0, 0.1) is 6.92 Å². The van der Waals surface area contributed by atoms with Crippen LogP contribution in [0.2, 0.25) is 0 Å². The molecule has 1 unspecified atom stereocenters. The molecule has 3 heteroatoms. The summed E-state index contributed by atoms with van der Waals surface area (Å²) in [6, 6.07) is 21.8. The van der Waals surface area contributed by atoms with Crippen LogP contribution in [-0.2, 0) is 6.54 Å². The average Bonchev–Trinajstić information content (AvgIpc) is 2.61. The Morgan fingerprint density at radius 3 is 2.26 bits per heavy atom. The fraction of sp³-hybridized carbons (Fsp3) is 0.150. The number of nitrogens with zero attached hydrogens (tertiary/aromatic N) is 1. The zero-order chi connectivity index (χ0) is 16.1. The third-order valence-corrected chi connectivity index (χ3v) is 3.83. The van der Waals surface area contributed by atoms with Crippen molar-refractivity contribution in [3.8, 4) is 0 Å². The van der Waals surface area contributed by atoms with Crippen molar-refractivity contribution < 1.29 is 5.11 Å². The van der Waals surface area contributed by atoms with E-state index >= 15 is 0 Å². The zero-order valence-corrected chi connectivity index (χ0v) is 13.1. The summed E-state index contributed by atoms with van der Waals surface area (Å²) < 4.78 is 0. The molecule has 2 N–H and O–H groups in total. The van der Waals surface area contributed by atoms with Crippen LogP contribution in [0.3, 0.4) is 0 Å². The van der Waals surface area contributed by atoms with Gasteiger partial charge in [-0.25, -0.2) is 4.98 Å². The number of hydrogen-bond donors (Lipinski definition) is 2. The SMILES string of the molecule is Cc1cc(C(O)c2ccccc2)cnc1NCc1ccccc1. The number of aromatic nitrogens is 1. The number of aliphatic hydroxyl groups is 1. The number of hydrogen-bond acceptors (Lipinski definition) is 3. The Kier molecular flexibility index (Phi) is 4.69. The Morgan fingerprint density at radius 1 is 0.957 bits per heavy atom. The minimum absolute atomic E-state index is 0.648. The van der Waals surface area contributed by atoms with Gasteiger partial charge >= 0.3 is 0 Å². The molecular formula is C20H20N2O. The van der Waals surface area contributed by atoms with Crippen molar-refractivity contribution >= 4 is 5.82 Å². The number of benzene rings is 2. The second kappa shape index (κ2) is 7.07. The Balaban J connectivity index is 1.73. The van der Waals surface area contributed by atoms with Crippen molar-refractivity contribution in [2.45, 2.75) is 19.6 Å². The first-order valence-electron chi connectivity index (χ1n) is 7.71. The van der Waals surface area contributed by atoms with Crippen molar-refractivity contribution in [2.75, 3.05) is 5.32 Å². The highest BCUT2D eigenvalue weighted by atomic mass is 16.3. The predicted octanol–water partition coefficient (Wildman–Crippen LogP) is 4.08. The van der Waals surface area contributed by atoms with Crippen LogP contribution >= 0.6 is 0 Å². The average molecular weight is 304 g/mol. The van der Waals surface area contributed by atoms with Gasteiger partial charge in [-0.15, -0.1) is 0 Å². The van der Waals surface area contributed by atoms with E-state index in [0.29, 0.717) is 0 Å². The van der Waals surface area contributed by atoms with Crippen molar-refractivity contribution in [1.82, 2.24) is 4.98 Å². The fourth-order valence-corrected chi connectivity index (χ4v) is 2.54. The second-order valence-corrected chi connectivity index (χ2v) is 5.59. The molecule has 3 nitrogen and oxygen atoms in total. The van der Waals surface area contributed by atoms with E-state index in [2.05, 4.69) is 22.4 Å². The van der Waals surface area contributed by atoms with E-state index in [1.54, 1.807) is 6.20 Å². The fourth-order valence-electron chi connectivity index (χ4n) is 2.54. The molecule has 0 aliphatic carbocycles. The summed E-state index contributed by atoms with van der Waals surface area (Å²) in [5.41, 5.74) is 3.91. The molecule has 0 fully saturated rings. The minimum atomic E-state index is -0.648. The van der Waals surface area contributed by atoms with E-state index in [0.717, 1.165) is 29.1 Å². The van der Waals surface area contributed by atoms with Crippen LogP contribution in [0.4, 0.5) is 5.82 Å². The van der Waals surface area contributed by atoms with E-state index in [-0.39, 0.29) is 0 Å². The van der Waals surface area contributed by atoms with Gasteiger partial charge in [-0.05, 0) is 29.7 Å². The monoisotopic (exact) mass is 304 g/mol. The Morgan fingerprint density at radius 2 is 1.61 bits per heavy atom. The number of pyridine rings is 1. The third-order valence-electron chi connectivity index (χ3n) is 3.83. The molecule has 1 atom stereocenters. The lowest BCUT2D eigenvalue weighted by atomic mass is 10.0. The summed E-state index contributed by atoms with van der Waals surface area (Å²) in [7, 11) is 0. The number of anilines is 1. The molecule has 0 aliphatic heterocycles. The van der Waals surface area contributed by atoms with Gasteiger partial charge in [-0.3, -0.25) is 0 Å². The maximum absolute atomic E-state index is 10.5. The molecule has 23 heavy (non-hydrogen) atoms. The molecule has 0 radical (unpaired) electrons. The third kappa shape index (κ3) is 3.76. The van der Waals surface area contributed by atoms with Crippen molar-refractivity contribution in [2.24, 2.45) is 0 Å². The Labute approximate surface area is 136 Å². The molecule has 0 bridgehead atoms. The van der Waals surface area contributed by atoms with Crippen LogP contribution in [0.5, 0.6) is 0 Å². The normalized spacial score (nSPS) is 11.9. The van der Waals surface area contributed by atoms with Crippen molar-refractivity contribution in [3.63, 3.8) is 0 Å². The lowest BCUT2D eigenvalue weighted by molar-refractivity contribution is 0.220. The molecule has 1 aromatic heterocycles. The highest BCUT2D eigenvalue weighted by molar-refractivity contribution is 5.46.